The summed E-state index contributed by atoms with van der Waals surface area (Å²) < 4.78 is 4.91. The number of likely N-dealkylation sites (tertiary alicyclic amines) is 1. The van der Waals surface area contributed by atoms with Crippen LogP contribution in [0.2, 0.25) is 0 Å². The minimum atomic E-state index is -1.33. The van der Waals surface area contributed by atoms with Gasteiger partial charge >= 0.3 is 5.97 Å². The molecule has 4 atom stereocenters. The van der Waals surface area contributed by atoms with Gasteiger partial charge in [-0.3, -0.25) is 29.4 Å². The van der Waals surface area contributed by atoms with Gasteiger partial charge in [0.15, 0.2) is 0 Å². The van der Waals surface area contributed by atoms with E-state index in [1.165, 1.54) is 14.2 Å². The van der Waals surface area contributed by atoms with Crippen molar-refractivity contribution in [1.82, 2.24) is 15.1 Å². The molecule has 2 saturated heterocycles. The van der Waals surface area contributed by atoms with Gasteiger partial charge in [0.1, 0.15) is 5.54 Å². The number of benzene rings is 1. The van der Waals surface area contributed by atoms with E-state index in [0.29, 0.717) is 12.1 Å². The Morgan fingerprint density at radius 2 is 1.83 bits per heavy atom. The molecule has 29 heavy (non-hydrogen) atoms. The third kappa shape index (κ3) is 3.31. The topological polar surface area (TPSA) is 96.0 Å². The summed E-state index contributed by atoms with van der Waals surface area (Å²) >= 11 is 0. The van der Waals surface area contributed by atoms with Crippen LogP contribution in [0.1, 0.15) is 29.8 Å². The molecule has 2 aliphatic heterocycles. The van der Waals surface area contributed by atoms with Crippen LogP contribution in [0, 0.1) is 18.8 Å². The second-order valence-corrected chi connectivity index (χ2v) is 7.89. The summed E-state index contributed by atoms with van der Waals surface area (Å²) in [6, 6.07) is 6.73. The number of fused-ring (bicyclic) bond motifs is 1. The van der Waals surface area contributed by atoms with Gasteiger partial charge in [-0.25, -0.2) is 0 Å². The van der Waals surface area contributed by atoms with E-state index in [1.54, 1.807) is 24.0 Å². The highest BCUT2D eigenvalue weighted by atomic mass is 16.5. The average molecular weight is 401 g/mol. The van der Waals surface area contributed by atoms with E-state index in [1.807, 2.05) is 26.0 Å². The number of ether oxygens (including phenoxy) is 1. The molecular formula is C21H27N3O5. The number of carbonyl (C=O) groups is 4. The molecule has 1 aromatic rings. The van der Waals surface area contributed by atoms with Gasteiger partial charge in [-0.2, -0.15) is 0 Å². The van der Waals surface area contributed by atoms with Crippen LogP contribution >= 0.6 is 0 Å². The Morgan fingerprint density at radius 3 is 2.38 bits per heavy atom. The van der Waals surface area contributed by atoms with Crippen molar-refractivity contribution in [3.8, 4) is 0 Å². The molecule has 3 rings (SSSR count). The van der Waals surface area contributed by atoms with Gasteiger partial charge in [-0.05, 0) is 32.9 Å². The first-order valence-corrected chi connectivity index (χ1v) is 9.69. The molecule has 156 valence electrons. The Labute approximate surface area is 170 Å². The SMILES string of the molecule is CCN(C[C@H]1N[C@@](C)(C(=O)OC)[C@H]2C(=O)N(C)C(=O)[C@@H]12)C(=O)c1ccc(C)cc1. The number of nitrogens with zero attached hydrogens (tertiary/aromatic N) is 2. The molecule has 0 saturated carbocycles. The number of rotatable bonds is 5. The summed E-state index contributed by atoms with van der Waals surface area (Å²) in [6.07, 6.45) is 0. The van der Waals surface area contributed by atoms with E-state index in [0.717, 1.165) is 10.5 Å². The van der Waals surface area contributed by atoms with Crippen molar-refractivity contribution in [2.75, 3.05) is 27.2 Å². The number of carbonyl (C=O) groups excluding carboxylic acids is 4. The minimum absolute atomic E-state index is 0.164. The lowest BCUT2D eigenvalue weighted by Gasteiger charge is -2.30. The quantitative estimate of drug-likeness (QED) is 0.573. The second-order valence-electron chi connectivity index (χ2n) is 7.89. The molecule has 3 amide bonds. The van der Waals surface area contributed by atoms with Crippen LogP contribution in [0.15, 0.2) is 24.3 Å². The highest BCUT2D eigenvalue weighted by molar-refractivity contribution is 6.09. The number of aryl methyl sites for hydroxylation is 1. The van der Waals surface area contributed by atoms with Crippen molar-refractivity contribution in [1.29, 1.82) is 0 Å². The zero-order valence-corrected chi connectivity index (χ0v) is 17.4. The summed E-state index contributed by atoms with van der Waals surface area (Å²) in [6.45, 7) is 6.00. The molecule has 2 fully saturated rings. The minimum Gasteiger partial charge on any atom is -0.468 e. The van der Waals surface area contributed by atoms with Gasteiger partial charge < -0.3 is 9.64 Å². The Hall–Kier alpha value is -2.74. The highest BCUT2D eigenvalue weighted by Gasteiger charge is 2.66. The molecule has 1 N–H and O–H groups in total. The Kier molecular flexibility index (Phi) is 5.49. The number of esters is 1. The Bertz CT molecular complexity index is 852. The lowest BCUT2D eigenvalue weighted by atomic mass is 9.81. The van der Waals surface area contributed by atoms with E-state index < -0.39 is 35.3 Å². The van der Waals surface area contributed by atoms with Crippen LogP contribution in [0.4, 0.5) is 0 Å². The fourth-order valence-electron chi connectivity index (χ4n) is 4.44. The third-order valence-corrected chi connectivity index (χ3v) is 6.11. The lowest BCUT2D eigenvalue weighted by Crippen LogP contribution is -2.56. The monoisotopic (exact) mass is 401 g/mol. The number of amides is 3. The van der Waals surface area contributed by atoms with Gasteiger partial charge in [0.05, 0.1) is 18.9 Å². The molecule has 0 bridgehead atoms. The van der Waals surface area contributed by atoms with Gasteiger partial charge in [-0.1, -0.05) is 17.7 Å². The number of imide groups is 1. The molecule has 2 heterocycles. The molecule has 0 radical (unpaired) electrons. The van der Waals surface area contributed by atoms with E-state index >= 15 is 0 Å². The van der Waals surface area contributed by atoms with Crippen LogP contribution in [-0.2, 0) is 19.1 Å². The van der Waals surface area contributed by atoms with Gasteiger partial charge in [0, 0.05) is 31.7 Å². The molecule has 0 aromatic heterocycles. The van der Waals surface area contributed by atoms with Crippen LogP contribution in [0.5, 0.6) is 0 Å². The van der Waals surface area contributed by atoms with E-state index in [9.17, 15) is 19.2 Å². The van der Waals surface area contributed by atoms with Crippen molar-refractivity contribution in [2.24, 2.45) is 11.8 Å². The zero-order chi connectivity index (χ0) is 21.5. The normalized spacial score (nSPS) is 28.4. The zero-order valence-electron chi connectivity index (χ0n) is 17.4. The Balaban J connectivity index is 1.89. The fraction of sp³-hybridized carbons (Fsp3) is 0.524. The van der Waals surface area contributed by atoms with Crippen molar-refractivity contribution in [3.05, 3.63) is 35.4 Å². The lowest BCUT2D eigenvalue weighted by molar-refractivity contribution is -0.152. The molecule has 0 spiro atoms. The number of nitrogens with one attached hydrogen (secondary N) is 1. The van der Waals surface area contributed by atoms with Gasteiger partial charge in [0.2, 0.25) is 11.8 Å². The maximum atomic E-state index is 13.0. The molecule has 2 aliphatic rings. The molecule has 1 aromatic carbocycles. The van der Waals surface area contributed by atoms with Crippen molar-refractivity contribution < 1.29 is 23.9 Å². The molecule has 0 aliphatic carbocycles. The standard InChI is InChI=1S/C21H27N3O5/c1-6-24(17(25)13-9-7-12(2)8-10-13)11-14-15-16(19(27)23(4)18(15)26)21(3,22-14)20(28)29-5/h7-10,14-16,22H,6,11H2,1-5H3/t14-,15+,16-,21-/m1/s1. The van der Waals surface area contributed by atoms with Crippen molar-refractivity contribution in [2.45, 2.75) is 32.4 Å². The second kappa shape index (κ2) is 7.59. The molecule has 0 unspecified atom stereocenters. The maximum absolute atomic E-state index is 13.0. The number of likely N-dealkylation sites (N-methyl/N-ethyl adjacent to an activating group) is 1. The smallest absolute Gasteiger partial charge is 0.326 e. The van der Waals surface area contributed by atoms with Crippen LogP contribution < -0.4 is 5.32 Å². The van der Waals surface area contributed by atoms with Crippen molar-refractivity contribution >= 4 is 23.7 Å². The average Bonchev–Trinajstić information content (AvgIpc) is 3.14. The summed E-state index contributed by atoms with van der Waals surface area (Å²) in [4.78, 5) is 53.6. The van der Waals surface area contributed by atoms with Gasteiger partial charge in [0.25, 0.3) is 5.91 Å². The first kappa shape index (κ1) is 21.0. The van der Waals surface area contributed by atoms with Crippen molar-refractivity contribution in [3.63, 3.8) is 0 Å². The summed E-state index contributed by atoms with van der Waals surface area (Å²) in [5, 5.41) is 3.14. The molecule has 8 heteroatoms. The van der Waals surface area contributed by atoms with E-state index in [-0.39, 0.29) is 18.4 Å². The number of methoxy groups -OCH3 is 1. The summed E-state index contributed by atoms with van der Waals surface area (Å²) in [7, 11) is 2.68. The third-order valence-electron chi connectivity index (χ3n) is 6.11. The number of hydrogen-bond acceptors (Lipinski definition) is 6. The van der Waals surface area contributed by atoms with Crippen LogP contribution in [-0.4, -0.2) is 72.3 Å². The largest absolute Gasteiger partial charge is 0.468 e. The predicted octanol–water partition coefficient (Wildman–Crippen LogP) is 0.592. The molecular weight excluding hydrogens is 374 g/mol. The maximum Gasteiger partial charge on any atom is 0.326 e. The predicted molar refractivity (Wildman–Crippen MR) is 105 cm³/mol. The van der Waals surface area contributed by atoms with Crippen LogP contribution in [0.25, 0.3) is 0 Å². The fourth-order valence-corrected chi connectivity index (χ4v) is 4.44. The van der Waals surface area contributed by atoms with Gasteiger partial charge in [-0.15, -0.1) is 0 Å². The van der Waals surface area contributed by atoms with Crippen LogP contribution in [0.3, 0.4) is 0 Å². The first-order valence-electron chi connectivity index (χ1n) is 9.69. The number of hydrogen-bond donors (Lipinski definition) is 1. The van der Waals surface area contributed by atoms with E-state index in [2.05, 4.69) is 5.32 Å². The molecule has 8 nitrogen and oxygen atoms in total. The summed E-state index contributed by atoms with van der Waals surface area (Å²) in [5.41, 5.74) is 0.277. The Morgan fingerprint density at radius 1 is 1.21 bits per heavy atom. The van der Waals surface area contributed by atoms with E-state index in [4.69, 9.17) is 4.74 Å². The summed E-state index contributed by atoms with van der Waals surface area (Å²) in [5.74, 6) is -3.09. The first-order chi connectivity index (χ1) is 13.7. The highest BCUT2D eigenvalue weighted by Crippen LogP contribution is 2.43.